The summed E-state index contributed by atoms with van der Waals surface area (Å²) in [5.74, 6) is -0.152. The highest BCUT2D eigenvalue weighted by Crippen LogP contribution is 2.56. The molecule has 8 rings (SSSR count). The quantitative estimate of drug-likeness (QED) is 0.124. The van der Waals surface area contributed by atoms with Crippen LogP contribution >= 0.6 is 31.9 Å². The van der Waals surface area contributed by atoms with E-state index in [4.69, 9.17) is 13.9 Å². The van der Waals surface area contributed by atoms with Gasteiger partial charge in [-0.1, -0.05) is 31.9 Å². The predicted octanol–water partition coefficient (Wildman–Crippen LogP) is 8.20. The number of ether oxygens (including phenoxy) is 2. The lowest BCUT2D eigenvalue weighted by Gasteiger charge is -2.36. The van der Waals surface area contributed by atoms with Crippen LogP contribution in [0.15, 0.2) is 97.0 Å². The van der Waals surface area contributed by atoms with E-state index in [1.54, 1.807) is 24.3 Å². The van der Waals surface area contributed by atoms with Gasteiger partial charge >= 0.3 is 11.6 Å². The first-order chi connectivity index (χ1) is 25.6. The Hall–Kier alpha value is -4.94. The number of carbonyl (C=O) groups excluding carboxylic acids is 3. The summed E-state index contributed by atoms with van der Waals surface area (Å²) in [4.78, 5) is 55.4. The van der Waals surface area contributed by atoms with E-state index in [1.807, 2.05) is 54.6 Å². The third-order valence-electron chi connectivity index (χ3n) is 10.5. The van der Waals surface area contributed by atoms with E-state index in [2.05, 4.69) is 61.2 Å². The van der Waals surface area contributed by atoms with Crippen molar-refractivity contribution in [2.24, 2.45) is 0 Å². The van der Waals surface area contributed by atoms with E-state index < -0.39 is 23.1 Å². The molecule has 2 amide bonds. The molecule has 2 N–H and O–H groups in total. The molecule has 0 atom stereocenters. The molecule has 10 nitrogen and oxygen atoms in total. The first-order valence-corrected chi connectivity index (χ1v) is 19.3. The summed E-state index contributed by atoms with van der Waals surface area (Å²) in [6.07, 6.45) is 2.51. The van der Waals surface area contributed by atoms with Crippen molar-refractivity contribution in [1.29, 1.82) is 0 Å². The lowest BCUT2D eigenvalue weighted by Crippen LogP contribution is -2.44. The molecule has 2 aliphatic heterocycles. The Labute approximate surface area is 322 Å². The van der Waals surface area contributed by atoms with Crippen LogP contribution in [0, 0.1) is 0 Å². The fraction of sp³-hybridized carbons (Fsp3) is 0.268. The van der Waals surface area contributed by atoms with E-state index in [1.165, 1.54) is 0 Å². The summed E-state index contributed by atoms with van der Waals surface area (Å²) < 4.78 is 19.7. The first kappa shape index (κ1) is 35.1. The van der Waals surface area contributed by atoms with Crippen LogP contribution in [0.25, 0.3) is 11.0 Å². The smallest absolute Gasteiger partial charge is 0.349 e. The van der Waals surface area contributed by atoms with Crippen molar-refractivity contribution in [3.05, 3.63) is 132 Å². The molecule has 5 aromatic rings. The number of hydrogen-bond acceptors (Lipinski definition) is 8. The van der Waals surface area contributed by atoms with Crippen molar-refractivity contribution in [3.63, 3.8) is 0 Å². The standard InChI is InChI=1S/C41H35Br2N3O7/c1-3-46(4-2)28-13-5-22-17-30(39(49)52-34(22)21-28)38(48)45-27-11-9-26(10-12-27)44-37(47)23-6-14-29-33(18-23)41(53-40(29)50)31-15-7-24(42)19-35(31)51-36-20-25(43)8-16-32(36)41/h5-8,13-21,26-27H,3-4,9-12H2,1-2H3,(H,44,47)(H,45,48). The summed E-state index contributed by atoms with van der Waals surface area (Å²) in [5.41, 5.74) is 2.04. The SMILES string of the molecule is CCN(CC)c1ccc2cc(C(=O)NC3CCC(NC(=O)c4ccc5c(c4)C4(OC5=O)c5ccc(Br)cc5Oc5cc(Br)ccc54)CC3)c(=O)oc2c1. The van der Waals surface area contributed by atoms with Gasteiger partial charge in [-0.25, -0.2) is 9.59 Å². The lowest BCUT2D eigenvalue weighted by molar-refractivity contribution is 0.0224. The second-order valence-electron chi connectivity index (χ2n) is 13.6. The topological polar surface area (TPSA) is 127 Å². The molecule has 1 spiro atoms. The Kier molecular flexibility index (Phi) is 9.14. The summed E-state index contributed by atoms with van der Waals surface area (Å²) in [6, 6.07) is 23.1. The second-order valence-corrected chi connectivity index (χ2v) is 15.4. The molecule has 0 radical (unpaired) electrons. The van der Waals surface area contributed by atoms with Gasteiger partial charge in [-0.2, -0.15) is 0 Å². The van der Waals surface area contributed by atoms with Gasteiger partial charge in [0.15, 0.2) is 5.60 Å². The van der Waals surface area contributed by atoms with Gasteiger partial charge in [0, 0.05) is 73.5 Å². The number of rotatable bonds is 7. The molecular formula is C41H35Br2N3O7. The van der Waals surface area contributed by atoms with Crippen molar-refractivity contribution in [2.45, 2.75) is 57.2 Å². The molecule has 1 aliphatic carbocycles. The molecule has 0 unspecified atom stereocenters. The highest BCUT2D eigenvalue weighted by Gasteiger charge is 2.53. The van der Waals surface area contributed by atoms with Crippen LogP contribution in [0.5, 0.6) is 11.5 Å². The van der Waals surface area contributed by atoms with Crippen LogP contribution in [0.3, 0.4) is 0 Å². The zero-order valence-electron chi connectivity index (χ0n) is 29.0. The zero-order chi connectivity index (χ0) is 37.0. The Morgan fingerprint density at radius 3 is 2.00 bits per heavy atom. The maximum absolute atomic E-state index is 13.7. The maximum atomic E-state index is 13.7. The maximum Gasteiger partial charge on any atom is 0.349 e. The minimum atomic E-state index is -1.31. The number of amides is 2. The van der Waals surface area contributed by atoms with Crippen LogP contribution in [0.2, 0.25) is 0 Å². The van der Waals surface area contributed by atoms with Crippen molar-refractivity contribution in [1.82, 2.24) is 10.6 Å². The number of benzene rings is 4. The molecule has 12 heteroatoms. The van der Waals surface area contributed by atoms with Crippen molar-refractivity contribution in [2.75, 3.05) is 18.0 Å². The number of esters is 1. The monoisotopic (exact) mass is 839 g/mol. The van der Waals surface area contributed by atoms with Gasteiger partial charge in [-0.05, 0) is 112 Å². The summed E-state index contributed by atoms with van der Waals surface area (Å²) in [5, 5.41) is 6.83. The average Bonchev–Trinajstić information content (AvgIpc) is 3.43. The fourth-order valence-electron chi connectivity index (χ4n) is 7.77. The number of nitrogens with one attached hydrogen (secondary N) is 2. The van der Waals surface area contributed by atoms with Gasteiger partial charge in [0.05, 0.1) is 5.56 Å². The van der Waals surface area contributed by atoms with E-state index in [9.17, 15) is 19.2 Å². The summed E-state index contributed by atoms with van der Waals surface area (Å²) >= 11 is 7.04. The predicted molar refractivity (Wildman–Crippen MR) is 207 cm³/mol. The van der Waals surface area contributed by atoms with Gasteiger partial charge < -0.3 is 29.4 Å². The molecule has 3 heterocycles. The zero-order valence-corrected chi connectivity index (χ0v) is 32.1. The van der Waals surface area contributed by atoms with Crippen molar-refractivity contribution >= 4 is 66.3 Å². The number of carbonyl (C=O) groups is 3. The van der Waals surface area contributed by atoms with Gasteiger partial charge in [0.25, 0.3) is 11.8 Å². The van der Waals surface area contributed by atoms with Crippen LogP contribution in [0.1, 0.15) is 87.3 Å². The normalized spacial score (nSPS) is 18.0. The van der Waals surface area contributed by atoms with Gasteiger partial charge in [-0.3, -0.25) is 9.59 Å². The van der Waals surface area contributed by atoms with Gasteiger partial charge in [-0.15, -0.1) is 0 Å². The van der Waals surface area contributed by atoms with E-state index in [0.717, 1.165) is 27.7 Å². The molecule has 1 fully saturated rings. The third-order valence-corrected chi connectivity index (χ3v) is 11.5. The number of halogens is 2. The van der Waals surface area contributed by atoms with Gasteiger partial charge in [0.2, 0.25) is 0 Å². The van der Waals surface area contributed by atoms with Crippen molar-refractivity contribution in [3.8, 4) is 11.5 Å². The van der Waals surface area contributed by atoms with E-state index in [-0.39, 0.29) is 23.6 Å². The Balaban J connectivity index is 0.966. The largest absolute Gasteiger partial charge is 0.456 e. The molecule has 1 aromatic heterocycles. The first-order valence-electron chi connectivity index (χ1n) is 17.7. The van der Waals surface area contributed by atoms with Crippen LogP contribution < -0.4 is 25.9 Å². The summed E-state index contributed by atoms with van der Waals surface area (Å²) in [6.45, 7) is 5.77. The number of anilines is 1. The Bertz CT molecular complexity index is 2330. The average molecular weight is 842 g/mol. The Morgan fingerprint density at radius 1 is 0.755 bits per heavy atom. The third kappa shape index (κ3) is 6.21. The van der Waals surface area contributed by atoms with Crippen LogP contribution in [0.4, 0.5) is 5.69 Å². The van der Waals surface area contributed by atoms with E-state index >= 15 is 0 Å². The molecule has 0 saturated heterocycles. The molecule has 3 aliphatic rings. The Morgan fingerprint density at radius 2 is 1.38 bits per heavy atom. The minimum absolute atomic E-state index is 0.0320. The highest BCUT2D eigenvalue weighted by atomic mass is 79.9. The van der Waals surface area contributed by atoms with Crippen LogP contribution in [-0.2, 0) is 10.3 Å². The summed E-state index contributed by atoms with van der Waals surface area (Å²) in [7, 11) is 0. The molecule has 0 bridgehead atoms. The number of nitrogens with zero attached hydrogens (tertiary/aromatic N) is 1. The highest BCUT2D eigenvalue weighted by molar-refractivity contribution is 9.10. The van der Waals surface area contributed by atoms with E-state index in [0.29, 0.717) is 76.0 Å². The minimum Gasteiger partial charge on any atom is -0.456 e. The molecule has 4 aromatic carbocycles. The molecule has 1 saturated carbocycles. The molecule has 53 heavy (non-hydrogen) atoms. The number of fused-ring (bicyclic) bond motifs is 7. The number of hydrogen-bond donors (Lipinski definition) is 2. The molecule has 270 valence electrons. The fourth-order valence-corrected chi connectivity index (χ4v) is 8.45. The second kappa shape index (κ2) is 13.8. The van der Waals surface area contributed by atoms with Crippen LogP contribution in [-0.4, -0.2) is 43.0 Å². The lowest BCUT2D eigenvalue weighted by atomic mass is 9.77. The molecular weight excluding hydrogens is 806 g/mol. The van der Waals surface area contributed by atoms with Gasteiger partial charge in [0.1, 0.15) is 22.6 Å². The van der Waals surface area contributed by atoms with Crippen molar-refractivity contribution < 1.29 is 28.3 Å².